The van der Waals surface area contributed by atoms with Crippen LogP contribution < -0.4 is 0 Å². The van der Waals surface area contributed by atoms with E-state index in [0.717, 1.165) is 0 Å². The quantitative estimate of drug-likeness (QED) is 0.339. The number of phosphoric acid groups is 1. The van der Waals surface area contributed by atoms with Gasteiger partial charge in [0.2, 0.25) is 0 Å². The lowest BCUT2D eigenvalue weighted by Gasteiger charge is -2.14. The molecule has 0 spiro atoms. The topological polar surface area (TPSA) is 63.2 Å². The van der Waals surface area contributed by atoms with Crippen LogP contribution in [0, 0.1) is 12.5 Å². The highest BCUT2D eigenvalue weighted by Crippen LogP contribution is 2.48. The molecule has 0 heterocycles. The molecule has 0 amide bonds. The smallest absolute Gasteiger partial charge is 0.382 e. The van der Waals surface area contributed by atoms with Crippen LogP contribution in [0.5, 0.6) is 0 Å². The summed E-state index contributed by atoms with van der Waals surface area (Å²) in [7, 11) is -0.698. The van der Waals surface area contributed by atoms with Crippen molar-refractivity contribution in [3.8, 4) is 12.5 Å². The summed E-state index contributed by atoms with van der Waals surface area (Å²) >= 11 is 0. The van der Waals surface area contributed by atoms with Crippen molar-refractivity contribution in [2.75, 3.05) is 40.6 Å². The first-order valence-corrected chi connectivity index (χ1v) is 5.65. The largest absolute Gasteiger partial charge is 0.538 e. The van der Waals surface area contributed by atoms with E-state index in [1.54, 1.807) is 6.11 Å². The van der Waals surface area contributed by atoms with Crippen LogP contribution >= 0.6 is 7.82 Å². The van der Waals surface area contributed by atoms with E-state index in [2.05, 4.69) is 4.52 Å². The maximum atomic E-state index is 11.6. The minimum Gasteiger partial charge on any atom is -0.382 e. The van der Waals surface area contributed by atoms with Gasteiger partial charge in [-0.2, -0.15) is 0 Å². The number of hydrogen-bond donors (Lipinski definition) is 0. The number of hydrogen-bond acceptors (Lipinski definition) is 6. The van der Waals surface area contributed by atoms with Crippen LogP contribution in [0.15, 0.2) is 0 Å². The molecule has 0 saturated carbocycles. The van der Waals surface area contributed by atoms with Gasteiger partial charge in [-0.15, -0.1) is 0 Å². The number of ether oxygens (including phenoxy) is 2. The average molecular weight is 238 g/mol. The number of rotatable bonds is 9. The van der Waals surface area contributed by atoms with Crippen LogP contribution in [0.3, 0.4) is 0 Å². The Balaban J connectivity index is 3.96. The summed E-state index contributed by atoms with van der Waals surface area (Å²) in [5.74, 6) is 0. The van der Waals surface area contributed by atoms with Crippen LogP contribution in [0.2, 0.25) is 0 Å². The summed E-state index contributed by atoms with van der Waals surface area (Å²) in [5.41, 5.74) is 0. The lowest BCUT2D eigenvalue weighted by molar-refractivity contribution is 0.0829. The number of phosphoric ester groups is 1. The molecule has 88 valence electrons. The van der Waals surface area contributed by atoms with Gasteiger partial charge in [-0.1, -0.05) is 6.42 Å². The normalized spacial score (nSPS) is 11.0. The molecule has 0 aliphatic heterocycles. The molecule has 0 atom stereocenters. The second-order valence-corrected chi connectivity index (χ2v) is 3.90. The van der Waals surface area contributed by atoms with E-state index in [1.165, 1.54) is 14.2 Å². The molecular weight excluding hydrogens is 223 g/mol. The van der Waals surface area contributed by atoms with Crippen molar-refractivity contribution in [3.63, 3.8) is 0 Å². The molecule has 0 unspecified atom stereocenters. The van der Waals surface area contributed by atoms with Gasteiger partial charge in [0.25, 0.3) is 0 Å². The number of terminal acetylenes is 1. The summed E-state index contributed by atoms with van der Waals surface area (Å²) in [6.45, 7) is 0.683. The Morgan fingerprint density at radius 3 is 1.87 bits per heavy atom. The molecule has 0 radical (unpaired) electrons. The molecule has 15 heavy (non-hydrogen) atoms. The minimum atomic E-state index is -3.67. The molecule has 0 aromatic rings. The highest BCUT2D eigenvalue weighted by Gasteiger charge is 2.27. The lowest BCUT2D eigenvalue weighted by Crippen LogP contribution is -2.06. The van der Waals surface area contributed by atoms with Crippen LogP contribution in [-0.2, 0) is 27.6 Å². The fourth-order valence-corrected chi connectivity index (χ4v) is 1.52. The Morgan fingerprint density at radius 1 is 1.07 bits per heavy atom. The van der Waals surface area contributed by atoms with E-state index in [1.807, 2.05) is 0 Å². The molecule has 0 aliphatic rings. The summed E-state index contributed by atoms with van der Waals surface area (Å²) in [4.78, 5) is 0. The molecule has 0 aromatic carbocycles. The Kier molecular flexibility index (Phi) is 8.38. The van der Waals surface area contributed by atoms with Crippen molar-refractivity contribution in [2.24, 2.45) is 0 Å². The molecule has 0 N–H and O–H groups in total. The molecule has 0 aliphatic carbocycles. The van der Waals surface area contributed by atoms with E-state index in [9.17, 15) is 4.57 Å². The lowest BCUT2D eigenvalue weighted by atomic mass is 10.8. The summed E-state index contributed by atoms with van der Waals surface area (Å²) in [6.07, 6.45) is 6.62. The average Bonchev–Trinajstić information content (AvgIpc) is 2.19. The first kappa shape index (κ1) is 14.4. The summed E-state index contributed by atoms with van der Waals surface area (Å²) in [6, 6.07) is 0. The zero-order chi connectivity index (χ0) is 11.6. The molecule has 0 fully saturated rings. The monoisotopic (exact) mass is 238 g/mol. The van der Waals surface area contributed by atoms with Crippen LogP contribution in [0.25, 0.3) is 0 Å². The van der Waals surface area contributed by atoms with Crippen molar-refractivity contribution in [1.82, 2.24) is 0 Å². The van der Waals surface area contributed by atoms with Crippen LogP contribution in [-0.4, -0.2) is 40.6 Å². The highest BCUT2D eigenvalue weighted by atomic mass is 31.2. The molecule has 7 heteroatoms. The highest BCUT2D eigenvalue weighted by molar-refractivity contribution is 7.48. The van der Waals surface area contributed by atoms with E-state index in [0.29, 0.717) is 0 Å². The molecule has 6 nitrogen and oxygen atoms in total. The zero-order valence-corrected chi connectivity index (χ0v) is 9.70. The predicted octanol–water partition coefficient (Wildman–Crippen LogP) is 1.03. The van der Waals surface area contributed by atoms with E-state index in [-0.39, 0.29) is 26.4 Å². The fourth-order valence-electron chi connectivity index (χ4n) is 0.619. The van der Waals surface area contributed by atoms with Crippen molar-refractivity contribution in [3.05, 3.63) is 0 Å². The molecule has 0 saturated heterocycles. The van der Waals surface area contributed by atoms with Gasteiger partial charge in [-0.05, 0) is 0 Å². The van der Waals surface area contributed by atoms with E-state index >= 15 is 0 Å². The predicted molar refractivity (Wildman–Crippen MR) is 53.2 cm³/mol. The first-order valence-electron chi connectivity index (χ1n) is 4.19. The maximum Gasteiger partial charge on any atom is 0.538 e. The van der Waals surface area contributed by atoms with E-state index in [4.69, 9.17) is 24.9 Å². The van der Waals surface area contributed by atoms with Crippen molar-refractivity contribution in [2.45, 2.75) is 0 Å². The Bertz CT molecular complexity index is 222. The Hall–Kier alpha value is -0.570. The standard InChI is InChI=1S/C8H15O6P/c1-4-12-15(9,13-7-5-10-2)14-8-6-11-3/h1H,5-8H2,2-3H3. The second kappa shape index (κ2) is 8.72. The van der Waals surface area contributed by atoms with Gasteiger partial charge in [0, 0.05) is 14.2 Å². The second-order valence-electron chi connectivity index (χ2n) is 2.31. The Labute approximate surface area is 89.4 Å². The summed E-state index contributed by atoms with van der Waals surface area (Å²) in [5, 5.41) is 0. The zero-order valence-electron chi connectivity index (χ0n) is 8.80. The molecule has 0 aromatic heterocycles. The van der Waals surface area contributed by atoms with Crippen molar-refractivity contribution in [1.29, 1.82) is 0 Å². The van der Waals surface area contributed by atoms with Gasteiger partial charge in [-0.25, -0.2) is 4.57 Å². The molecule has 0 bridgehead atoms. The molecule has 0 rings (SSSR count). The van der Waals surface area contributed by atoms with E-state index < -0.39 is 7.82 Å². The number of methoxy groups -OCH3 is 2. The van der Waals surface area contributed by atoms with Crippen LogP contribution in [0.4, 0.5) is 0 Å². The van der Waals surface area contributed by atoms with Gasteiger partial charge < -0.3 is 14.0 Å². The first-order chi connectivity index (χ1) is 7.18. The maximum absolute atomic E-state index is 11.6. The van der Waals surface area contributed by atoms with Crippen molar-refractivity contribution < 1.29 is 27.6 Å². The third-order valence-corrected chi connectivity index (χ3v) is 2.56. The van der Waals surface area contributed by atoms with Gasteiger partial charge in [0.15, 0.2) is 0 Å². The summed E-state index contributed by atoms with van der Waals surface area (Å²) < 4.78 is 35.2. The molecular formula is C8H15O6P. The fraction of sp³-hybridized carbons (Fsp3) is 0.750. The van der Waals surface area contributed by atoms with Crippen LogP contribution in [0.1, 0.15) is 0 Å². The van der Waals surface area contributed by atoms with Gasteiger partial charge in [-0.3, -0.25) is 9.05 Å². The minimum absolute atomic E-state index is 0.0719. The third kappa shape index (κ3) is 7.37. The van der Waals surface area contributed by atoms with Gasteiger partial charge >= 0.3 is 7.82 Å². The van der Waals surface area contributed by atoms with Crippen molar-refractivity contribution >= 4 is 7.82 Å². The Morgan fingerprint density at radius 2 is 1.53 bits per heavy atom. The third-order valence-electron chi connectivity index (χ3n) is 1.24. The van der Waals surface area contributed by atoms with Gasteiger partial charge in [0.05, 0.1) is 26.4 Å². The van der Waals surface area contributed by atoms with Gasteiger partial charge in [0.1, 0.15) is 6.11 Å². The SMILES string of the molecule is C#COP(=O)(OCCOC)OCCOC.